The molecule has 0 bridgehead atoms. The van der Waals surface area contributed by atoms with E-state index in [4.69, 9.17) is 4.98 Å². The normalized spacial score (nSPS) is 22.0. The summed E-state index contributed by atoms with van der Waals surface area (Å²) in [6.07, 6.45) is 11.7. The van der Waals surface area contributed by atoms with Crippen molar-refractivity contribution in [1.29, 1.82) is 0 Å². The molecule has 2 aliphatic carbocycles. The van der Waals surface area contributed by atoms with E-state index in [2.05, 4.69) is 27.5 Å². The lowest BCUT2D eigenvalue weighted by Gasteiger charge is -2.04. The van der Waals surface area contributed by atoms with E-state index < -0.39 is 0 Å². The van der Waals surface area contributed by atoms with Gasteiger partial charge in [-0.2, -0.15) is 0 Å². The van der Waals surface area contributed by atoms with E-state index >= 15 is 0 Å². The molecule has 0 amide bonds. The number of hydrogen-bond acceptors (Lipinski definition) is 5. The molecule has 2 aromatic heterocycles. The molecule has 0 fully saturated rings. The molecule has 0 N–H and O–H groups in total. The molecular formula is C16H14N5S+. The van der Waals surface area contributed by atoms with E-state index in [1.54, 1.807) is 0 Å². The fraction of sp³-hybridized carbons (Fsp3) is 0.312. The molecule has 3 heterocycles. The summed E-state index contributed by atoms with van der Waals surface area (Å²) in [6.45, 7) is 1.94. The molecule has 0 radical (unpaired) electrons. The minimum Gasteiger partial charge on any atom is -0.206 e. The van der Waals surface area contributed by atoms with Gasteiger partial charge in [-0.25, -0.2) is 4.98 Å². The van der Waals surface area contributed by atoms with Crippen LogP contribution in [0.1, 0.15) is 22.7 Å². The van der Waals surface area contributed by atoms with E-state index in [-0.39, 0.29) is 6.04 Å². The Bertz CT molecular complexity index is 932. The van der Waals surface area contributed by atoms with Gasteiger partial charge in [-0.15, -0.1) is 16.0 Å². The van der Waals surface area contributed by atoms with Crippen molar-refractivity contribution in [3.05, 3.63) is 40.6 Å². The van der Waals surface area contributed by atoms with Crippen molar-refractivity contribution in [2.45, 2.75) is 32.2 Å². The van der Waals surface area contributed by atoms with E-state index in [9.17, 15) is 0 Å². The van der Waals surface area contributed by atoms with Gasteiger partial charge in [-0.05, 0) is 42.1 Å². The number of allylic oxidation sites excluding steroid dienone is 2. The number of aromatic nitrogens is 2. The Labute approximate surface area is 131 Å². The fourth-order valence-corrected chi connectivity index (χ4v) is 4.67. The van der Waals surface area contributed by atoms with Crippen molar-refractivity contribution in [1.82, 2.24) is 9.97 Å². The summed E-state index contributed by atoms with van der Waals surface area (Å²) in [7, 11) is 0. The minimum absolute atomic E-state index is 0.0157. The van der Waals surface area contributed by atoms with Gasteiger partial charge in [0.2, 0.25) is 11.9 Å². The Kier molecular flexibility index (Phi) is 2.47. The quantitative estimate of drug-likeness (QED) is 0.758. The number of nitrogens with zero attached hydrogens (tertiary/aromatic N) is 5. The Balaban J connectivity index is 1.83. The molecule has 5 rings (SSSR count). The van der Waals surface area contributed by atoms with Crippen molar-refractivity contribution < 1.29 is 4.68 Å². The predicted octanol–water partition coefficient (Wildman–Crippen LogP) is 3.45. The number of fused-ring (bicyclic) bond motifs is 4. The largest absolute Gasteiger partial charge is 0.299 e. The molecule has 1 atom stereocenters. The van der Waals surface area contributed by atoms with Crippen LogP contribution in [0.15, 0.2) is 34.6 Å². The smallest absolute Gasteiger partial charge is 0.206 e. The molecule has 108 valence electrons. The highest BCUT2D eigenvalue weighted by Gasteiger charge is 2.33. The lowest BCUT2D eigenvalue weighted by molar-refractivity contribution is -0.450. The first-order valence-electron chi connectivity index (χ1n) is 7.53. The second-order valence-electron chi connectivity index (χ2n) is 5.76. The summed E-state index contributed by atoms with van der Waals surface area (Å²) in [5, 5.41) is 9.91. The molecule has 22 heavy (non-hydrogen) atoms. The Morgan fingerprint density at radius 2 is 2.18 bits per heavy atom. The molecule has 5 nitrogen and oxygen atoms in total. The fourth-order valence-electron chi connectivity index (χ4n) is 3.37. The lowest BCUT2D eigenvalue weighted by atomic mass is 10.1. The van der Waals surface area contributed by atoms with Crippen LogP contribution in [0.25, 0.3) is 10.2 Å². The summed E-state index contributed by atoms with van der Waals surface area (Å²) in [5.41, 5.74) is 2.49. The highest BCUT2D eigenvalue weighted by Crippen LogP contribution is 2.41. The number of hydrogen-bond donors (Lipinski definition) is 0. The molecule has 6 heteroatoms. The van der Waals surface area contributed by atoms with E-state index in [1.165, 1.54) is 22.2 Å². The number of aryl methyl sites for hydroxylation is 3. The first kappa shape index (κ1) is 12.3. The molecule has 1 aliphatic heterocycles. The monoisotopic (exact) mass is 308 g/mol. The first-order valence-corrected chi connectivity index (χ1v) is 8.34. The van der Waals surface area contributed by atoms with Gasteiger partial charge in [0, 0.05) is 11.8 Å². The second kappa shape index (κ2) is 4.39. The molecular weight excluding hydrogens is 294 g/mol. The van der Waals surface area contributed by atoms with Crippen molar-refractivity contribution in [2.75, 3.05) is 0 Å². The van der Waals surface area contributed by atoms with Gasteiger partial charge in [0.25, 0.3) is 5.82 Å². The maximum absolute atomic E-state index is 4.71. The summed E-state index contributed by atoms with van der Waals surface area (Å²) < 4.78 is 1.90. The summed E-state index contributed by atoms with van der Waals surface area (Å²) >= 11 is 1.81. The zero-order valence-electron chi connectivity index (χ0n) is 12.2. The summed E-state index contributed by atoms with van der Waals surface area (Å²) in [5.74, 6) is 1.68. The van der Waals surface area contributed by atoms with Crippen LogP contribution in [0, 0.1) is 6.92 Å². The van der Waals surface area contributed by atoms with Crippen molar-refractivity contribution in [2.24, 2.45) is 10.3 Å². The molecule has 0 unspecified atom stereocenters. The van der Waals surface area contributed by atoms with E-state index in [0.29, 0.717) is 0 Å². The van der Waals surface area contributed by atoms with Crippen molar-refractivity contribution in [3.63, 3.8) is 0 Å². The molecule has 0 spiro atoms. The van der Waals surface area contributed by atoms with Gasteiger partial charge in [0.15, 0.2) is 5.71 Å². The Morgan fingerprint density at radius 1 is 1.23 bits per heavy atom. The molecule has 0 saturated heterocycles. The highest BCUT2D eigenvalue weighted by molar-refractivity contribution is 7.19. The average molecular weight is 308 g/mol. The van der Waals surface area contributed by atoms with E-state index in [0.717, 1.165) is 35.0 Å². The van der Waals surface area contributed by atoms with Crippen LogP contribution in [0.5, 0.6) is 0 Å². The SMILES string of the molecule is Cc1nc([N+]2=C3C=CC=C[C@H]3N=N2)c2c3c(sc2n1)CCC3. The minimum atomic E-state index is 0.0157. The van der Waals surface area contributed by atoms with Gasteiger partial charge in [-0.1, -0.05) is 17.1 Å². The molecule has 0 aromatic carbocycles. The zero-order chi connectivity index (χ0) is 14.7. The lowest BCUT2D eigenvalue weighted by Crippen LogP contribution is -2.19. The predicted molar refractivity (Wildman–Crippen MR) is 86.0 cm³/mol. The zero-order valence-corrected chi connectivity index (χ0v) is 13.0. The topological polar surface area (TPSA) is 53.5 Å². The van der Waals surface area contributed by atoms with Crippen LogP contribution in [-0.2, 0) is 12.8 Å². The standard InChI is InChI=1S/C16H14N5S/c1-9-17-15(21-12-7-3-2-6-11(12)19-20-21)14-10-5-4-8-13(10)22-16(14)18-9/h2-3,6-7,11H,4-5,8H2,1H3/q+1/t11-/m1/s1. The average Bonchev–Trinajstić information content (AvgIpc) is 3.19. The third-order valence-corrected chi connectivity index (χ3v) is 5.53. The van der Waals surface area contributed by atoms with Gasteiger partial charge < -0.3 is 0 Å². The van der Waals surface area contributed by atoms with Crippen LogP contribution < -0.4 is 0 Å². The first-order chi connectivity index (χ1) is 10.8. The third kappa shape index (κ3) is 1.61. The number of thiophene rings is 1. The van der Waals surface area contributed by atoms with Crippen LogP contribution in [0.3, 0.4) is 0 Å². The maximum Gasteiger partial charge on any atom is 0.299 e. The number of rotatable bonds is 1. The maximum atomic E-state index is 4.71. The van der Waals surface area contributed by atoms with Gasteiger partial charge in [0.1, 0.15) is 4.83 Å². The summed E-state index contributed by atoms with van der Waals surface area (Å²) in [6, 6.07) is 0.0157. The Hall–Kier alpha value is -2.21. The summed E-state index contributed by atoms with van der Waals surface area (Å²) in [4.78, 5) is 11.9. The van der Waals surface area contributed by atoms with Crippen LogP contribution >= 0.6 is 11.3 Å². The molecule has 2 aromatic rings. The van der Waals surface area contributed by atoms with Gasteiger partial charge >= 0.3 is 0 Å². The van der Waals surface area contributed by atoms with Crippen LogP contribution in [0.4, 0.5) is 5.82 Å². The van der Waals surface area contributed by atoms with Gasteiger partial charge in [0.05, 0.1) is 10.6 Å². The van der Waals surface area contributed by atoms with E-state index in [1.807, 2.05) is 35.1 Å². The highest BCUT2D eigenvalue weighted by atomic mass is 32.1. The third-order valence-electron chi connectivity index (χ3n) is 4.34. The Morgan fingerprint density at radius 3 is 3.14 bits per heavy atom. The second-order valence-corrected chi connectivity index (χ2v) is 6.85. The van der Waals surface area contributed by atoms with Crippen LogP contribution in [-0.4, -0.2) is 26.4 Å². The van der Waals surface area contributed by atoms with Gasteiger partial charge in [-0.3, -0.25) is 0 Å². The van der Waals surface area contributed by atoms with Crippen LogP contribution in [0.2, 0.25) is 0 Å². The van der Waals surface area contributed by atoms with Crippen molar-refractivity contribution in [3.8, 4) is 0 Å². The molecule has 0 saturated carbocycles. The molecule has 3 aliphatic rings. The van der Waals surface area contributed by atoms with Crippen molar-refractivity contribution >= 4 is 33.1 Å².